The zero-order valence-electron chi connectivity index (χ0n) is 13.2. The first-order valence-electron chi connectivity index (χ1n) is 7.60. The average molecular weight is 303 g/mol. The van der Waals surface area contributed by atoms with Crippen LogP contribution in [0.5, 0.6) is 0 Å². The van der Waals surface area contributed by atoms with Crippen LogP contribution in [0.4, 0.5) is 10.5 Å². The molecule has 1 N–H and O–H groups in total. The summed E-state index contributed by atoms with van der Waals surface area (Å²) in [5, 5.41) is 9.39. The molecule has 0 bridgehead atoms. The summed E-state index contributed by atoms with van der Waals surface area (Å²) < 4.78 is 5.42. The van der Waals surface area contributed by atoms with Gasteiger partial charge in [-0.15, -0.1) is 0 Å². The molecule has 0 aromatic heterocycles. The van der Waals surface area contributed by atoms with Crippen molar-refractivity contribution in [1.29, 1.82) is 0 Å². The predicted molar refractivity (Wildman–Crippen MR) is 82.3 cm³/mol. The van der Waals surface area contributed by atoms with Crippen molar-refractivity contribution in [2.24, 2.45) is 0 Å². The molecule has 5 heteroatoms. The molecule has 0 spiro atoms. The summed E-state index contributed by atoms with van der Waals surface area (Å²) in [7, 11) is 0. The van der Waals surface area contributed by atoms with Gasteiger partial charge >= 0.3 is 12.1 Å². The predicted octanol–water partition coefficient (Wildman–Crippen LogP) is 3.10. The van der Waals surface area contributed by atoms with E-state index in [1.54, 1.807) is 4.90 Å². The molecule has 1 saturated carbocycles. The second-order valence-corrected chi connectivity index (χ2v) is 7.11. The van der Waals surface area contributed by atoms with E-state index in [0.29, 0.717) is 19.4 Å². The minimum atomic E-state index is -0.755. The van der Waals surface area contributed by atoms with Gasteiger partial charge in [-0.2, -0.15) is 0 Å². The Hall–Kier alpha value is -2.04. The van der Waals surface area contributed by atoms with Crippen LogP contribution in [-0.2, 0) is 21.4 Å². The molecule has 0 saturated heterocycles. The molecular weight excluding hydrogens is 282 g/mol. The summed E-state index contributed by atoms with van der Waals surface area (Å²) in [6.45, 7) is 6.10. The number of anilines is 1. The molecule has 0 unspecified atom stereocenters. The minimum absolute atomic E-state index is 0.349. The second kappa shape index (κ2) is 4.73. The van der Waals surface area contributed by atoms with E-state index in [-0.39, 0.29) is 6.09 Å². The number of aliphatic carboxylic acids is 1. The molecule has 1 heterocycles. The van der Waals surface area contributed by atoms with Gasteiger partial charge in [0.05, 0.1) is 11.1 Å². The molecule has 0 radical (unpaired) electrons. The van der Waals surface area contributed by atoms with E-state index in [4.69, 9.17) is 4.74 Å². The molecule has 1 aromatic carbocycles. The largest absolute Gasteiger partial charge is 0.481 e. The van der Waals surface area contributed by atoms with E-state index in [2.05, 4.69) is 0 Å². The first-order chi connectivity index (χ1) is 10.2. The van der Waals surface area contributed by atoms with Crippen molar-refractivity contribution < 1.29 is 19.4 Å². The molecule has 0 atom stereocenters. The van der Waals surface area contributed by atoms with Gasteiger partial charge in [-0.1, -0.05) is 12.1 Å². The van der Waals surface area contributed by atoms with Crippen LogP contribution in [0.25, 0.3) is 0 Å². The Morgan fingerprint density at radius 1 is 1.27 bits per heavy atom. The van der Waals surface area contributed by atoms with Gasteiger partial charge in [0.2, 0.25) is 0 Å². The number of amides is 1. The number of benzene rings is 1. The molecule has 2 aliphatic rings. The number of nitrogens with zero attached hydrogens (tertiary/aromatic N) is 1. The summed E-state index contributed by atoms with van der Waals surface area (Å²) in [6, 6.07) is 5.63. The van der Waals surface area contributed by atoms with Gasteiger partial charge in [0.25, 0.3) is 0 Å². The molecular formula is C17H21NO4. The highest BCUT2D eigenvalue weighted by molar-refractivity contribution is 5.91. The SMILES string of the molecule is CC(C)(C)OC(=O)N1CCc2cc(C3(C(=O)O)CC3)ccc21. The van der Waals surface area contributed by atoms with Gasteiger partial charge in [-0.25, -0.2) is 4.79 Å². The quantitative estimate of drug-likeness (QED) is 0.911. The number of hydrogen-bond acceptors (Lipinski definition) is 3. The third kappa shape index (κ3) is 2.45. The molecule has 1 fully saturated rings. The fourth-order valence-corrected chi connectivity index (χ4v) is 2.96. The van der Waals surface area contributed by atoms with Gasteiger partial charge in [0, 0.05) is 6.54 Å². The Bertz CT molecular complexity index is 641. The third-order valence-electron chi connectivity index (χ3n) is 4.30. The minimum Gasteiger partial charge on any atom is -0.481 e. The maximum Gasteiger partial charge on any atom is 0.414 e. The Morgan fingerprint density at radius 2 is 1.95 bits per heavy atom. The van der Waals surface area contributed by atoms with E-state index in [1.165, 1.54) is 0 Å². The van der Waals surface area contributed by atoms with Crippen molar-refractivity contribution in [1.82, 2.24) is 0 Å². The maximum atomic E-state index is 12.2. The number of hydrogen-bond donors (Lipinski definition) is 1. The standard InChI is InChI=1S/C17H21NO4/c1-16(2,3)22-15(21)18-9-6-11-10-12(4-5-13(11)18)17(7-8-17)14(19)20/h4-5,10H,6-9H2,1-3H3,(H,19,20). The molecule has 22 heavy (non-hydrogen) atoms. The first kappa shape index (κ1) is 14.9. The fourth-order valence-electron chi connectivity index (χ4n) is 2.96. The number of carboxylic acids is 1. The molecule has 3 rings (SSSR count). The molecule has 1 aliphatic heterocycles. The lowest BCUT2D eigenvalue weighted by molar-refractivity contribution is -0.140. The Kier molecular flexibility index (Phi) is 3.20. The zero-order chi connectivity index (χ0) is 16.1. The molecule has 1 aromatic rings. The summed E-state index contributed by atoms with van der Waals surface area (Å²) in [5.41, 5.74) is 1.48. The van der Waals surface area contributed by atoms with Crippen molar-refractivity contribution in [3.63, 3.8) is 0 Å². The van der Waals surface area contributed by atoms with E-state index in [9.17, 15) is 14.7 Å². The van der Waals surface area contributed by atoms with Gasteiger partial charge in [0.15, 0.2) is 0 Å². The number of fused-ring (bicyclic) bond motifs is 1. The highest BCUT2D eigenvalue weighted by Gasteiger charge is 2.52. The van der Waals surface area contributed by atoms with Crippen molar-refractivity contribution in [3.8, 4) is 0 Å². The van der Waals surface area contributed by atoms with Crippen molar-refractivity contribution in [3.05, 3.63) is 29.3 Å². The number of carboxylic acid groups (broad SMARTS) is 1. The summed E-state index contributed by atoms with van der Waals surface area (Å²) >= 11 is 0. The molecule has 118 valence electrons. The number of carbonyl (C=O) groups is 2. The maximum absolute atomic E-state index is 12.2. The van der Waals surface area contributed by atoms with Gasteiger partial charge in [-0.3, -0.25) is 9.69 Å². The second-order valence-electron chi connectivity index (χ2n) is 7.11. The van der Waals surface area contributed by atoms with Crippen LogP contribution in [-0.4, -0.2) is 29.3 Å². The summed E-state index contributed by atoms with van der Waals surface area (Å²) in [6.07, 6.45) is 1.77. The van der Waals surface area contributed by atoms with E-state index >= 15 is 0 Å². The fraction of sp³-hybridized carbons (Fsp3) is 0.529. The normalized spacial score (nSPS) is 18.8. The van der Waals surface area contributed by atoms with Crippen molar-refractivity contribution in [2.75, 3.05) is 11.4 Å². The number of ether oxygens (including phenoxy) is 1. The molecule has 5 nitrogen and oxygen atoms in total. The van der Waals surface area contributed by atoms with Crippen LogP contribution in [0.1, 0.15) is 44.7 Å². The summed E-state index contributed by atoms with van der Waals surface area (Å²) in [4.78, 5) is 25.3. The van der Waals surface area contributed by atoms with Gasteiger partial charge < -0.3 is 9.84 Å². The Balaban J connectivity index is 1.85. The van der Waals surface area contributed by atoms with Crippen molar-refractivity contribution >= 4 is 17.7 Å². The van der Waals surface area contributed by atoms with E-state index < -0.39 is 17.0 Å². The third-order valence-corrected chi connectivity index (χ3v) is 4.30. The van der Waals surface area contributed by atoms with Gasteiger partial charge in [-0.05, 0) is 57.2 Å². The summed E-state index contributed by atoms with van der Waals surface area (Å²) in [5.74, 6) is -0.755. The van der Waals surface area contributed by atoms with Crippen LogP contribution < -0.4 is 4.90 Å². The topological polar surface area (TPSA) is 66.8 Å². The van der Waals surface area contributed by atoms with E-state index in [1.807, 2.05) is 39.0 Å². The lowest BCUT2D eigenvalue weighted by Crippen LogP contribution is -2.35. The van der Waals surface area contributed by atoms with E-state index in [0.717, 1.165) is 23.2 Å². The Labute approximate surface area is 129 Å². The van der Waals surface area contributed by atoms with Crippen LogP contribution in [0, 0.1) is 0 Å². The smallest absolute Gasteiger partial charge is 0.414 e. The van der Waals surface area contributed by atoms with Gasteiger partial charge in [0.1, 0.15) is 5.60 Å². The van der Waals surface area contributed by atoms with Crippen LogP contribution in [0.2, 0.25) is 0 Å². The molecule has 1 amide bonds. The first-order valence-corrected chi connectivity index (χ1v) is 7.60. The number of rotatable bonds is 2. The highest BCUT2D eigenvalue weighted by Crippen LogP contribution is 2.49. The zero-order valence-corrected chi connectivity index (χ0v) is 13.2. The average Bonchev–Trinajstić information content (AvgIpc) is 3.11. The van der Waals surface area contributed by atoms with Crippen LogP contribution in [0.3, 0.4) is 0 Å². The monoisotopic (exact) mass is 303 g/mol. The lowest BCUT2D eigenvalue weighted by atomic mass is 9.94. The van der Waals surface area contributed by atoms with Crippen LogP contribution >= 0.6 is 0 Å². The number of carbonyl (C=O) groups excluding carboxylic acids is 1. The highest BCUT2D eigenvalue weighted by atomic mass is 16.6. The molecule has 1 aliphatic carbocycles. The van der Waals surface area contributed by atoms with Crippen molar-refractivity contribution in [2.45, 2.75) is 51.0 Å². The Morgan fingerprint density at radius 3 is 2.50 bits per heavy atom. The lowest BCUT2D eigenvalue weighted by Gasteiger charge is -2.25. The van der Waals surface area contributed by atoms with Crippen LogP contribution in [0.15, 0.2) is 18.2 Å².